The third kappa shape index (κ3) is 2.83. The predicted octanol–water partition coefficient (Wildman–Crippen LogP) is 3.74. The Labute approximate surface area is 146 Å². The first-order valence-electron chi connectivity index (χ1n) is 7.79. The molecule has 24 heavy (non-hydrogen) atoms. The summed E-state index contributed by atoms with van der Waals surface area (Å²) in [6.07, 6.45) is 4.67. The second-order valence-corrected chi connectivity index (χ2v) is 6.48. The van der Waals surface area contributed by atoms with Crippen molar-refractivity contribution < 1.29 is 9.84 Å². The zero-order chi connectivity index (χ0) is 16.5. The van der Waals surface area contributed by atoms with Crippen LogP contribution in [-0.2, 0) is 4.74 Å². The molecular formula is C16H16BrN5O2. The molecular weight excluding hydrogens is 374 g/mol. The van der Waals surface area contributed by atoms with E-state index in [1.54, 1.807) is 6.33 Å². The molecule has 7 nitrogen and oxygen atoms in total. The Morgan fingerprint density at radius 2 is 2.12 bits per heavy atom. The lowest BCUT2D eigenvalue weighted by molar-refractivity contribution is -0.0298. The summed E-state index contributed by atoms with van der Waals surface area (Å²) < 4.78 is 8.56. The van der Waals surface area contributed by atoms with Crippen LogP contribution < -0.4 is 5.32 Å². The number of fused-ring (bicyclic) bond motifs is 1. The van der Waals surface area contributed by atoms with Crippen LogP contribution in [0.25, 0.3) is 11.2 Å². The van der Waals surface area contributed by atoms with Gasteiger partial charge in [0.25, 0.3) is 0 Å². The van der Waals surface area contributed by atoms with Crippen LogP contribution in [-0.4, -0.2) is 31.2 Å². The van der Waals surface area contributed by atoms with Gasteiger partial charge in [-0.15, -0.1) is 0 Å². The molecule has 124 valence electrons. The van der Waals surface area contributed by atoms with Crippen molar-refractivity contribution >= 4 is 38.6 Å². The molecule has 1 unspecified atom stereocenters. The minimum atomic E-state index is -0.297. The molecule has 8 heteroatoms. The number of aromatic nitrogens is 4. The number of imidazole rings is 1. The molecule has 1 atom stereocenters. The molecule has 0 spiro atoms. The number of nitrogens with one attached hydrogen (secondary N) is 1. The Morgan fingerprint density at radius 3 is 2.92 bits per heavy atom. The molecule has 2 aromatic heterocycles. The van der Waals surface area contributed by atoms with E-state index in [0.717, 1.165) is 36.0 Å². The zero-order valence-electron chi connectivity index (χ0n) is 12.8. The van der Waals surface area contributed by atoms with Crippen LogP contribution in [0.4, 0.5) is 11.5 Å². The van der Waals surface area contributed by atoms with Crippen molar-refractivity contribution in [1.29, 1.82) is 0 Å². The summed E-state index contributed by atoms with van der Waals surface area (Å²) in [4.78, 5) is 12.7. The lowest BCUT2D eigenvalue weighted by Gasteiger charge is -2.23. The van der Waals surface area contributed by atoms with E-state index in [-0.39, 0.29) is 12.2 Å². The number of nitrogens with zero attached hydrogens (tertiary/aromatic N) is 4. The van der Waals surface area contributed by atoms with Gasteiger partial charge in [0.05, 0.1) is 12.0 Å². The van der Waals surface area contributed by atoms with Gasteiger partial charge in [-0.05, 0) is 47.3 Å². The zero-order valence-corrected chi connectivity index (χ0v) is 14.4. The predicted molar refractivity (Wildman–Crippen MR) is 93.3 cm³/mol. The van der Waals surface area contributed by atoms with Crippen LogP contribution in [0.15, 0.2) is 35.1 Å². The van der Waals surface area contributed by atoms with Crippen molar-refractivity contribution in [2.45, 2.75) is 25.5 Å². The average molecular weight is 390 g/mol. The molecule has 2 N–H and O–H groups in total. The molecule has 3 aromatic rings. The van der Waals surface area contributed by atoms with E-state index in [1.807, 2.05) is 28.8 Å². The summed E-state index contributed by atoms with van der Waals surface area (Å²) in [5.41, 5.74) is 1.99. The lowest BCUT2D eigenvalue weighted by Crippen LogP contribution is -2.17. The maximum atomic E-state index is 9.94. The van der Waals surface area contributed by atoms with E-state index < -0.39 is 0 Å². The summed E-state index contributed by atoms with van der Waals surface area (Å²) in [6, 6.07) is 7.39. The van der Waals surface area contributed by atoms with Crippen molar-refractivity contribution in [3.8, 4) is 6.01 Å². The molecule has 0 aliphatic carbocycles. The highest BCUT2D eigenvalue weighted by molar-refractivity contribution is 9.10. The molecule has 0 radical (unpaired) electrons. The van der Waals surface area contributed by atoms with Crippen LogP contribution in [0.1, 0.15) is 25.5 Å². The number of aromatic hydroxyl groups is 1. The molecule has 0 amide bonds. The minimum Gasteiger partial charge on any atom is -0.479 e. The molecule has 3 heterocycles. The summed E-state index contributed by atoms with van der Waals surface area (Å²) >= 11 is 3.49. The third-order valence-corrected chi connectivity index (χ3v) is 4.69. The van der Waals surface area contributed by atoms with Crippen LogP contribution >= 0.6 is 15.9 Å². The first-order valence-corrected chi connectivity index (χ1v) is 8.58. The Balaban J connectivity index is 1.76. The van der Waals surface area contributed by atoms with Crippen LogP contribution in [0.3, 0.4) is 0 Å². The van der Waals surface area contributed by atoms with Crippen molar-refractivity contribution in [1.82, 2.24) is 19.5 Å². The van der Waals surface area contributed by atoms with Gasteiger partial charge >= 0.3 is 6.01 Å². The molecule has 1 aromatic carbocycles. The summed E-state index contributed by atoms with van der Waals surface area (Å²) in [5.74, 6) is 0.457. The van der Waals surface area contributed by atoms with Gasteiger partial charge in [-0.1, -0.05) is 12.1 Å². The van der Waals surface area contributed by atoms with Crippen LogP contribution in [0, 0.1) is 0 Å². The number of ether oxygens (including phenoxy) is 1. The Kier molecular flexibility index (Phi) is 4.07. The normalized spacial score (nSPS) is 18.0. The average Bonchev–Trinajstić information content (AvgIpc) is 3.01. The van der Waals surface area contributed by atoms with Gasteiger partial charge in [-0.25, -0.2) is 4.98 Å². The molecule has 1 saturated heterocycles. The summed E-state index contributed by atoms with van der Waals surface area (Å²) in [7, 11) is 0. The molecule has 4 rings (SSSR count). The molecule has 0 bridgehead atoms. The topological polar surface area (TPSA) is 85.1 Å². The standard InChI is InChI=1S/C16H16BrN5O2/c17-10-5-1-2-6-11(10)19-14-13-15(21-16(23)20-14)22(9-18-13)12-7-3-4-8-24-12/h1-2,5-6,9,12H,3-4,7-8H2,(H2,19,20,21,23). The Morgan fingerprint density at radius 1 is 1.25 bits per heavy atom. The maximum absolute atomic E-state index is 9.94. The minimum absolute atomic E-state index is 0.102. The second-order valence-electron chi connectivity index (χ2n) is 5.62. The van der Waals surface area contributed by atoms with Gasteiger partial charge in [-0.2, -0.15) is 9.97 Å². The fraction of sp³-hybridized carbons (Fsp3) is 0.312. The molecule has 1 aliphatic heterocycles. The number of para-hydroxylation sites is 1. The van der Waals surface area contributed by atoms with E-state index >= 15 is 0 Å². The highest BCUT2D eigenvalue weighted by atomic mass is 79.9. The van der Waals surface area contributed by atoms with Gasteiger partial charge in [0.2, 0.25) is 0 Å². The van der Waals surface area contributed by atoms with Gasteiger partial charge in [0.1, 0.15) is 6.23 Å². The van der Waals surface area contributed by atoms with Gasteiger partial charge in [-0.3, -0.25) is 4.57 Å². The maximum Gasteiger partial charge on any atom is 0.318 e. The van der Waals surface area contributed by atoms with Gasteiger partial charge < -0.3 is 15.2 Å². The summed E-state index contributed by atoms with van der Waals surface area (Å²) in [5, 5.41) is 13.1. The van der Waals surface area contributed by atoms with Crippen molar-refractivity contribution in [3.63, 3.8) is 0 Å². The van der Waals surface area contributed by atoms with E-state index in [2.05, 4.69) is 36.2 Å². The first-order chi connectivity index (χ1) is 11.7. The van der Waals surface area contributed by atoms with Crippen LogP contribution in [0.2, 0.25) is 0 Å². The number of anilines is 2. The van der Waals surface area contributed by atoms with E-state index in [9.17, 15) is 5.11 Å². The number of benzene rings is 1. The molecule has 1 aliphatic rings. The molecule has 0 saturated carbocycles. The van der Waals surface area contributed by atoms with E-state index in [4.69, 9.17) is 4.74 Å². The quantitative estimate of drug-likeness (QED) is 0.709. The highest BCUT2D eigenvalue weighted by Gasteiger charge is 2.21. The summed E-state index contributed by atoms with van der Waals surface area (Å²) in [6.45, 7) is 0.726. The van der Waals surface area contributed by atoms with Crippen molar-refractivity contribution in [2.75, 3.05) is 11.9 Å². The Hall–Kier alpha value is -2.19. The fourth-order valence-electron chi connectivity index (χ4n) is 2.84. The molecule has 1 fully saturated rings. The van der Waals surface area contributed by atoms with E-state index in [1.165, 1.54) is 0 Å². The number of halogens is 1. The monoisotopic (exact) mass is 389 g/mol. The fourth-order valence-corrected chi connectivity index (χ4v) is 3.22. The largest absolute Gasteiger partial charge is 0.479 e. The third-order valence-electron chi connectivity index (χ3n) is 4.00. The second kappa shape index (κ2) is 6.37. The Bertz CT molecular complexity index is 876. The van der Waals surface area contributed by atoms with Crippen molar-refractivity contribution in [2.24, 2.45) is 0 Å². The lowest BCUT2D eigenvalue weighted by atomic mass is 10.2. The SMILES string of the molecule is Oc1nc(Nc2ccccc2Br)c2ncn(C3CCCCO3)c2n1. The van der Waals surface area contributed by atoms with Crippen LogP contribution in [0.5, 0.6) is 6.01 Å². The smallest absolute Gasteiger partial charge is 0.318 e. The number of hydrogen-bond donors (Lipinski definition) is 2. The van der Waals surface area contributed by atoms with Gasteiger partial charge in [0, 0.05) is 11.1 Å². The number of hydrogen-bond acceptors (Lipinski definition) is 6. The number of rotatable bonds is 3. The first kappa shape index (κ1) is 15.3. The highest BCUT2D eigenvalue weighted by Crippen LogP contribution is 2.31. The van der Waals surface area contributed by atoms with Crippen molar-refractivity contribution in [3.05, 3.63) is 35.1 Å². The van der Waals surface area contributed by atoms with E-state index in [0.29, 0.717) is 17.0 Å². The van der Waals surface area contributed by atoms with Gasteiger partial charge in [0.15, 0.2) is 17.0 Å².